The first-order chi connectivity index (χ1) is 14.1. The lowest BCUT2D eigenvalue weighted by atomic mass is 9.77. The summed E-state index contributed by atoms with van der Waals surface area (Å²) in [6, 6.07) is 2.65. The van der Waals surface area contributed by atoms with E-state index in [1.54, 1.807) is 13.0 Å². The first kappa shape index (κ1) is 23.4. The van der Waals surface area contributed by atoms with Gasteiger partial charge in [-0.05, 0) is 58.7 Å². The van der Waals surface area contributed by atoms with E-state index in [-0.39, 0.29) is 11.3 Å². The maximum absolute atomic E-state index is 15.0. The Kier molecular flexibility index (Phi) is 5.82. The number of hydrogen-bond acceptors (Lipinski definition) is 6. The molecule has 1 aromatic heterocycles. The van der Waals surface area contributed by atoms with Crippen molar-refractivity contribution >= 4 is 18.5 Å². The monoisotopic (exact) mass is 431 g/mol. The van der Waals surface area contributed by atoms with Gasteiger partial charge < -0.3 is 19.1 Å². The van der Waals surface area contributed by atoms with Crippen LogP contribution in [0.1, 0.15) is 89.1 Å². The maximum Gasteiger partial charge on any atom is 0.497 e. The highest BCUT2D eigenvalue weighted by Crippen LogP contribution is 2.37. The van der Waals surface area contributed by atoms with E-state index in [1.807, 2.05) is 55.4 Å². The zero-order valence-corrected chi connectivity index (χ0v) is 19.7. The predicted molar refractivity (Wildman–Crippen MR) is 116 cm³/mol. The topological polar surface area (TPSA) is 86.5 Å². The minimum Gasteiger partial charge on any atom is -0.399 e. The van der Waals surface area contributed by atoms with Gasteiger partial charge in [-0.2, -0.15) is 4.98 Å². The Bertz CT molecular complexity index is 981. The van der Waals surface area contributed by atoms with Crippen LogP contribution in [0.3, 0.4) is 0 Å². The van der Waals surface area contributed by atoms with Crippen LogP contribution in [-0.2, 0) is 14.7 Å². The number of halogens is 1. The van der Waals surface area contributed by atoms with Crippen molar-refractivity contribution in [3.05, 3.63) is 40.8 Å². The summed E-state index contributed by atoms with van der Waals surface area (Å²) in [5.41, 5.74) is 0.324. The fourth-order valence-corrected chi connectivity index (χ4v) is 3.29. The second kappa shape index (κ2) is 7.71. The first-order valence-corrected chi connectivity index (χ1v) is 10.4. The quantitative estimate of drug-likeness (QED) is 0.745. The molecule has 1 amide bonds. The van der Waals surface area contributed by atoms with Crippen LogP contribution in [0.4, 0.5) is 4.39 Å². The molecule has 0 bridgehead atoms. The number of amides is 1. The zero-order valence-electron chi connectivity index (χ0n) is 19.7. The van der Waals surface area contributed by atoms with Crippen LogP contribution in [0.25, 0.3) is 0 Å². The molecule has 0 spiro atoms. The molecule has 0 aliphatic carbocycles. The number of carbonyl (C=O) groups is 1. The van der Waals surface area contributed by atoms with Crippen molar-refractivity contribution < 1.29 is 23.0 Å². The largest absolute Gasteiger partial charge is 0.497 e. The minimum absolute atomic E-state index is 0.122. The SMILES string of the molecule is Cc1cc(B2OC(C)(C)C(C)(C)O2)c(F)cc1C(C)NC(=O)c1nc(C(C)(C)C)no1. The van der Waals surface area contributed by atoms with Crippen LogP contribution >= 0.6 is 0 Å². The fraction of sp³-hybridized carbons (Fsp3) is 0.591. The Labute approximate surface area is 183 Å². The Balaban J connectivity index is 1.78. The number of rotatable bonds is 4. The zero-order chi connectivity index (χ0) is 23.4. The van der Waals surface area contributed by atoms with E-state index in [4.69, 9.17) is 13.8 Å². The third-order valence-corrected chi connectivity index (χ3v) is 6.00. The van der Waals surface area contributed by atoms with Gasteiger partial charge in [-0.1, -0.05) is 32.0 Å². The second-order valence-corrected chi connectivity index (χ2v) is 10.2. The van der Waals surface area contributed by atoms with E-state index in [2.05, 4.69) is 15.5 Å². The average Bonchev–Trinajstić information content (AvgIpc) is 3.19. The van der Waals surface area contributed by atoms with Crippen molar-refractivity contribution in [1.29, 1.82) is 0 Å². The molecule has 9 heteroatoms. The molecule has 1 unspecified atom stereocenters. The van der Waals surface area contributed by atoms with E-state index < -0.39 is 36.1 Å². The molecule has 1 aromatic carbocycles. The molecule has 31 heavy (non-hydrogen) atoms. The molecule has 1 aliphatic heterocycles. The number of nitrogens with one attached hydrogen (secondary N) is 1. The van der Waals surface area contributed by atoms with Crippen molar-refractivity contribution in [1.82, 2.24) is 15.5 Å². The van der Waals surface area contributed by atoms with Crippen LogP contribution in [0, 0.1) is 12.7 Å². The van der Waals surface area contributed by atoms with E-state index in [0.29, 0.717) is 16.9 Å². The average molecular weight is 431 g/mol. The normalized spacial score (nSPS) is 18.8. The van der Waals surface area contributed by atoms with Crippen molar-refractivity contribution in [2.75, 3.05) is 0 Å². The standard InChI is InChI=1S/C22H31BFN3O4/c1-12-10-15(23-30-21(6,7)22(8,9)31-23)16(24)11-14(12)13(2)25-17(28)18-26-19(27-29-18)20(3,4)5/h10-11,13H,1-9H3,(H,25,28). The number of aryl methyl sites for hydroxylation is 1. The number of benzene rings is 1. The summed E-state index contributed by atoms with van der Waals surface area (Å²) in [4.78, 5) is 16.7. The third-order valence-electron chi connectivity index (χ3n) is 6.00. The third kappa shape index (κ3) is 4.53. The van der Waals surface area contributed by atoms with Gasteiger partial charge in [-0.15, -0.1) is 0 Å². The lowest BCUT2D eigenvalue weighted by Gasteiger charge is -2.32. The van der Waals surface area contributed by atoms with Crippen LogP contribution in [0.5, 0.6) is 0 Å². The van der Waals surface area contributed by atoms with Crippen LogP contribution in [-0.4, -0.2) is 34.4 Å². The summed E-state index contributed by atoms with van der Waals surface area (Å²) in [6.07, 6.45) is 0. The summed E-state index contributed by atoms with van der Waals surface area (Å²) >= 11 is 0. The number of hydrogen-bond donors (Lipinski definition) is 1. The summed E-state index contributed by atoms with van der Waals surface area (Å²) in [5.74, 6) is -0.638. The first-order valence-electron chi connectivity index (χ1n) is 10.4. The van der Waals surface area contributed by atoms with Gasteiger partial charge >= 0.3 is 18.9 Å². The van der Waals surface area contributed by atoms with Gasteiger partial charge in [-0.25, -0.2) is 4.39 Å². The van der Waals surface area contributed by atoms with Gasteiger partial charge in [-0.3, -0.25) is 4.79 Å². The van der Waals surface area contributed by atoms with E-state index in [0.717, 1.165) is 5.56 Å². The molecule has 1 atom stereocenters. The van der Waals surface area contributed by atoms with Crippen molar-refractivity contribution in [3.63, 3.8) is 0 Å². The van der Waals surface area contributed by atoms with Crippen molar-refractivity contribution in [2.24, 2.45) is 0 Å². The van der Waals surface area contributed by atoms with E-state index in [9.17, 15) is 4.79 Å². The molecule has 0 radical (unpaired) electrons. The van der Waals surface area contributed by atoms with Gasteiger partial charge in [0.1, 0.15) is 5.82 Å². The summed E-state index contributed by atoms with van der Waals surface area (Å²) in [7, 11) is -0.795. The van der Waals surface area contributed by atoms with Gasteiger partial charge in [0.2, 0.25) is 0 Å². The molecule has 1 fully saturated rings. The van der Waals surface area contributed by atoms with E-state index >= 15 is 4.39 Å². The van der Waals surface area contributed by atoms with Crippen LogP contribution < -0.4 is 10.8 Å². The van der Waals surface area contributed by atoms with Gasteiger partial charge in [0.15, 0.2) is 5.82 Å². The van der Waals surface area contributed by atoms with Gasteiger partial charge in [0.05, 0.1) is 17.2 Å². The fourth-order valence-electron chi connectivity index (χ4n) is 3.29. The smallest absolute Gasteiger partial charge is 0.399 e. The summed E-state index contributed by atoms with van der Waals surface area (Å²) < 4.78 is 32.1. The number of aromatic nitrogens is 2. The lowest BCUT2D eigenvalue weighted by molar-refractivity contribution is 0.00578. The molecular weight excluding hydrogens is 400 g/mol. The Morgan fingerprint density at radius 1 is 1.16 bits per heavy atom. The Hall–Kier alpha value is -2.26. The van der Waals surface area contributed by atoms with Crippen LogP contribution in [0.2, 0.25) is 0 Å². The van der Waals surface area contributed by atoms with Crippen molar-refractivity contribution in [2.45, 2.75) is 85.0 Å². The molecule has 1 saturated heterocycles. The highest BCUT2D eigenvalue weighted by molar-refractivity contribution is 6.62. The minimum atomic E-state index is -0.795. The van der Waals surface area contributed by atoms with Gasteiger partial charge in [0.25, 0.3) is 0 Å². The number of carbonyl (C=O) groups excluding carboxylic acids is 1. The molecule has 3 rings (SSSR count). The molecule has 1 N–H and O–H groups in total. The predicted octanol–water partition coefficient (Wildman–Crippen LogP) is 3.60. The molecule has 7 nitrogen and oxygen atoms in total. The molecule has 2 heterocycles. The second-order valence-electron chi connectivity index (χ2n) is 10.2. The molecule has 168 valence electrons. The molecule has 0 saturated carbocycles. The van der Waals surface area contributed by atoms with Crippen molar-refractivity contribution in [3.8, 4) is 0 Å². The maximum atomic E-state index is 15.0. The number of nitrogens with zero attached hydrogens (tertiary/aromatic N) is 2. The lowest BCUT2D eigenvalue weighted by Crippen LogP contribution is -2.41. The van der Waals surface area contributed by atoms with Crippen LogP contribution in [0.15, 0.2) is 16.7 Å². The Morgan fingerprint density at radius 2 is 1.74 bits per heavy atom. The highest BCUT2D eigenvalue weighted by atomic mass is 19.1. The molecule has 1 aliphatic rings. The molecular formula is C22H31BFN3O4. The van der Waals surface area contributed by atoms with Gasteiger partial charge in [0, 0.05) is 10.9 Å². The highest BCUT2D eigenvalue weighted by Gasteiger charge is 2.52. The summed E-state index contributed by atoms with van der Waals surface area (Å²) in [5, 5.41) is 6.66. The molecule has 2 aromatic rings. The Morgan fingerprint density at radius 3 is 2.26 bits per heavy atom. The summed E-state index contributed by atoms with van der Waals surface area (Å²) in [6.45, 7) is 17.1. The van der Waals surface area contributed by atoms with E-state index in [1.165, 1.54) is 6.07 Å².